The van der Waals surface area contributed by atoms with Crippen molar-refractivity contribution >= 4 is 41.3 Å². The number of aryl methyl sites for hydroxylation is 1. The molecule has 0 saturated carbocycles. The third-order valence-corrected chi connectivity index (χ3v) is 5.31. The highest BCUT2D eigenvalue weighted by molar-refractivity contribution is 14.0. The fourth-order valence-corrected chi connectivity index (χ4v) is 3.92. The predicted molar refractivity (Wildman–Crippen MR) is 121 cm³/mol. The van der Waals surface area contributed by atoms with Gasteiger partial charge in [-0.05, 0) is 13.3 Å². The molecule has 1 aliphatic rings. The first-order chi connectivity index (χ1) is 12.5. The van der Waals surface area contributed by atoms with Gasteiger partial charge in [-0.3, -0.25) is 4.99 Å². The summed E-state index contributed by atoms with van der Waals surface area (Å²) >= 11 is 1.73. The summed E-state index contributed by atoms with van der Waals surface area (Å²) in [4.78, 5) is 13.8. The SMILES string of the molecule is CCNC(=NCCc1nc(C(C)(C)C)cs1)NC1CCc2ncnn2C1.I. The Morgan fingerprint density at radius 1 is 1.41 bits per heavy atom. The monoisotopic (exact) mass is 503 g/mol. The fraction of sp³-hybridized carbons (Fsp3) is 0.667. The molecule has 7 nitrogen and oxygen atoms in total. The smallest absolute Gasteiger partial charge is 0.191 e. The minimum atomic E-state index is 0. The summed E-state index contributed by atoms with van der Waals surface area (Å²) in [5.41, 5.74) is 1.27. The quantitative estimate of drug-likeness (QED) is 0.373. The molecule has 0 aliphatic carbocycles. The Kier molecular flexibility index (Phi) is 8.02. The number of guanidine groups is 1. The summed E-state index contributed by atoms with van der Waals surface area (Å²) in [7, 11) is 0. The third kappa shape index (κ3) is 6.13. The first kappa shape index (κ1) is 22.1. The first-order valence-corrected chi connectivity index (χ1v) is 10.2. The number of nitrogens with one attached hydrogen (secondary N) is 2. The van der Waals surface area contributed by atoms with Crippen molar-refractivity contribution in [2.24, 2.45) is 4.99 Å². The van der Waals surface area contributed by atoms with Crippen LogP contribution in [0.5, 0.6) is 0 Å². The Balaban J connectivity index is 0.00000261. The van der Waals surface area contributed by atoms with E-state index in [1.807, 2.05) is 4.68 Å². The fourth-order valence-electron chi connectivity index (χ4n) is 2.90. The average molecular weight is 503 g/mol. The predicted octanol–water partition coefficient (Wildman–Crippen LogP) is 2.76. The van der Waals surface area contributed by atoms with E-state index in [1.54, 1.807) is 17.7 Å². The van der Waals surface area contributed by atoms with Gasteiger partial charge in [0, 0.05) is 42.8 Å². The number of rotatable bonds is 5. The maximum Gasteiger partial charge on any atom is 0.191 e. The van der Waals surface area contributed by atoms with Crippen molar-refractivity contribution in [2.75, 3.05) is 13.1 Å². The highest BCUT2D eigenvalue weighted by Crippen LogP contribution is 2.24. The van der Waals surface area contributed by atoms with Crippen molar-refractivity contribution in [2.45, 2.75) is 65.0 Å². The maximum absolute atomic E-state index is 4.75. The van der Waals surface area contributed by atoms with Crippen LogP contribution in [0.15, 0.2) is 16.7 Å². The average Bonchev–Trinajstić information content (AvgIpc) is 3.23. The van der Waals surface area contributed by atoms with Crippen LogP contribution in [-0.2, 0) is 24.8 Å². The Labute approximate surface area is 182 Å². The second-order valence-electron chi connectivity index (χ2n) is 7.63. The van der Waals surface area contributed by atoms with E-state index in [-0.39, 0.29) is 29.4 Å². The lowest BCUT2D eigenvalue weighted by Gasteiger charge is -2.25. The van der Waals surface area contributed by atoms with E-state index in [4.69, 9.17) is 9.98 Å². The van der Waals surface area contributed by atoms with E-state index < -0.39 is 0 Å². The number of aromatic nitrogens is 4. The summed E-state index contributed by atoms with van der Waals surface area (Å²) in [6.07, 6.45) is 4.50. The molecule has 1 atom stereocenters. The Morgan fingerprint density at radius 2 is 2.22 bits per heavy atom. The number of aliphatic imine (C=N–C) groups is 1. The van der Waals surface area contributed by atoms with Crippen LogP contribution in [0.4, 0.5) is 0 Å². The Bertz CT molecular complexity index is 747. The standard InChI is InChI=1S/C18H29N7S.HI/c1-5-19-17(23-13-6-7-15-21-12-22-25(15)10-13)20-9-8-16-24-14(11-26-16)18(2,3)4;/h11-13H,5-10H2,1-4H3,(H2,19,20,23);1H. The summed E-state index contributed by atoms with van der Waals surface area (Å²) < 4.78 is 1.98. The van der Waals surface area contributed by atoms with E-state index in [0.29, 0.717) is 6.04 Å². The molecule has 2 N–H and O–H groups in total. The van der Waals surface area contributed by atoms with Gasteiger partial charge in [-0.15, -0.1) is 35.3 Å². The highest BCUT2D eigenvalue weighted by Gasteiger charge is 2.20. The Morgan fingerprint density at radius 3 is 2.93 bits per heavy atom. The van der Waals surface area contributed by atoms with Crippen LogP contribution in [0.3, 0.4) is 0 Å². The number of hydrogen-bond donors (Lipinski definition) is 2. The number of thiazole rings is 1. The van der Waals surface area contributed by atoms with Crippen LogP contribution >= 0.6 is 35.3 Å². The van der Waals surface area contributed by atoms with Gasteiger partial charge < -0.3 is 10.6 Å². The summed E-state index contributed by atoms with van der Waals surface area (Å²) in [5, 5.41) is 14.5. The molecular weight excluding hydrogens is 473 g/mol. The highest BCUT2D eigenvalue weighted by atomic mass is 127. The van der Waals surface area contributed by atoms with Crippen LogP contribution in [0.1, 0.15) is 50.6 Å². The van der Waals surface area contributed by atoms with Crippen LogP contribution in [0, 0.1) is 0 Å². The minimum absolute atomic E-state index is 0. The zero-order valence-electron chi connectivity index (χ0n) is 16.5. The van der Waals surface area contributed by atoms with Crippen molar-refractivity contribution < 1.29 is 0 Å². The molecule has 0 bridgehead atoms. The van der Waals surface area contributed by atoms with Gasteiger partial charge in [-0.1, -0.05) is 20.8 Å². The molecule has 27 heavy (non-hydrogen) atoms. The van der Waals surface area contributed by atoms with Gasteiger partial charge in [-0.2, -0.15) is 5.10 Å². The van der Waals surface area contributed by atoms with Crippen molar-refractivity contribution in [3.8, 4) is 0 Å². The Hall–Kier alpha value is -1.23. The molecule has 9 heteroatoms. The summed E-state index contributed by atoms with van der Waals surface area (Å²) in [5.74, 6) is 1.94. The van der Waals surface area contributed by atoms with Gasteiger partial charge in [0.25, 0.3) is 0 Å². The molecule has 0 fully saturated rings. The maximum atomic E-state index is 4.75. The number of halogens is 1. The lowest BCUT2D eigenvalue weighted by Crippen LogP contribution is -2.47. The zero-order valence-corrected chi connectivity index (χ0v) is 19.7. The lowest BCUT2D eigenvalue weighted by molar-refractivity contribution is 0.393. The molecule has 0 spiro atoms. The van der Waals surface area contributed by atoms with Crippen LogP contribution in [-0.4, -0.2) is 44.8 Å². The molecule has 0 saturated heterocycles. The van der Waals surface area contributed by atoms with E-state index in [9.17, 15) is 0 Å². The van der Waals surface area contributed by atoms with Crippen LogP contribution in [0.2, 0.25) is 0 Å². The largest absolute Gasteiger partial charge is 0.357 e. The lowest BCUT2D eigenvalue weighted by atomic mass is 9.93. The minimum Gasteiger partial charge on any atom is -0.357 e. The van der Waals surface area contributed by atoms with Crippen molar-refractivity contribution in [1.29, 1.82) is 0 Å². The first-order valence-electron chi connectivity index (χ1n) is 9.32. The third-order valence-electron chi connectivity index (χ3n) is 4.41. The number of hydrogen-bond acceptors (Lipinski definition) is 5. The van der Waals surface area contributed by atoms with E-state index in [1.165, 1.54) is 0 Å². The molecular formula is C18H30IN7S. The molecule has 2 aromatic heterocycles. The molecule has 1 aliphatic heterocycles. The molecule has 150 valence electrons. The molecule has 2 aromatic rings. The van der Waals surface area contributed by atoms with Crippen LogP contribution in [0.25, 0.3) is 0 Å². The number of nitrogens with zero attached hydrogens (tertiary/aromatic N) is 5. The molecule has 0 radical (unpaired) electrons. The second-order valence-corrected chi connectivity index (χ2v) is 8.57. The number of fused-ring (bicyclic) bond motifs is 1. The van der Waals surface area contributed by atoms with Crippen molar-refractivity contribution in [3.63, 3.8) is 0 Å². The summed E-state index contributed by atoms with van der Waals surface area (Å²) in [6.45, 7) is 11.1. The van der Waals surface area contributed by atoms with Crippen molar-refractivity contribution in [3.05, 3.63) is 28.2 Å². The van der Waals surface area contributed by atoms with Gasteiger partial charge in [0.2, 0.25) is 0 Å². The molecule has 1 unspecified atom stereocenters. The van der Waals surface area contributed by atoms with E-state index in [0.717, 1.165) is 61.4 Å². The van der Waals surface area contributed by atoms with E-state index in [2.05, 4.69) is 53.8 Å². The van der Waals surface area contributed by atoms with Gasteiger partial charge in [0.05, 0.1) is 17.2 Å². The topological polar surface area (TPSA) is 80.0 Å². The van der Waals surface area contributed by atoms with Gasteiger partial charge in [0.1, 0.15) is 12.2 Å². The molecule has 0 aromatic carbocycles. The zero-order chi connectivity index (χ0) is 18.6. The molecule has 0 amide bonds. The summed E-state index contributed by atoms with van der Waals surface area (Å²) in [6, 6.07) is 0.328. The van der Waals surface area contributed by atoms with Crippen molar-refractivity contribution in [1.82, 2.24) is 30.4 Å². The second kappa shape index (κ2) is 9.81. The molecule has 3 rings (SSSR count). The van der Waals surface area contributed by atoms with Gasteiger partial charge in [0.15, 0.2) is 5.96 Å². The van der Waals surface area contributed by atoms with E-state index >= 15 is 0 Å². The molecule has 3 heterocycles. The van der Waals surface area contributed by atoms with Crippen LogP contribution < -0.4 is 10.6 Å². The van der Waals surface area contributed by atoms with Gasteiger partial charge >= 0.3 is 0 Å². The normalized spacial score (nSPS) is 17.2. The van der Waals surface area contributed by atoms with Gasteiger partial charge in [-0.25, -0.2) is 14.6 Å².